The van der Waals surface area contributed by atoms with E-state index in [1.54, 1.807) is 0 Å². The fourth-order valence-corrected chi connectivity index (χ4v) is 2.06. The Morgan fingerprint density at radius 3 is 2.31 bits per heavy atom. The Balaban J connectivity index is 2.14. The molecule has 1 amide bonds. The van der Waals surface area contributed by atoms with Crippen molar-refractivity contribution in [2.45, 2.75) is 19.8 Å². The standard InChI is InChI=1S/C12H25N3O/c1-4-12(16)15-10-8-14(9-11-15)7-5-6-13(2)3/h4-11H2,1-3H3. The molecule has 0 aromatic carbocycles. The number of hydrogen-bond donors (Lipinski definition) is 0. The summed E-state index contributed by atoms with van der Waals surface area (Å²) in [7, 11) is 4.22. The molecule has 0 bridgehead atoms. The van der Waals surface area contributed by atoms with E-state index in [2.05, 4.69) is 23.9 Å². The fourth-order valence-electron chi connectivity index (χ4n) is 2.06. The van der Waals surface area contributed by atoms with E-state index in [1.165, 1.54) is 6.42 Å². The zero-order valence-electron chi connectivity index (χ0n) is 10.9. The minimum atomic E-state index is 0.299. The van der Waals surface area contributed by atoms with Gasteiger partial charge in [-0.15, -0.1) is 0 Å². The number of nitrogens with zero attached hydrogens (tertiary/aromatic N) is 3. The van der Waals surface area contributed by atoms with Crippen molar-refractivity contribution < 1.29 is 4.79 Å². The molecule has 1 aliphatic heterocycles. The van der Waals surface area contributed by atoms with Gasteiger partial charge in [0.1, 0.15) is 0 Å². The molecule has 0 atom stereocenters. The van der Waals surface area contributed by atoms with Crippen LogP contribution < -0.4 is 0 Å². The van der Waals surface area contributed by atoms with Crippen LogP contribution in [0.5, 0.6) is 0 Å². The molecule has 0 N–H and O–H groups in total. The molecular formula is C12H25N3O. The molecule has 16 heavy (non-hydrogen) atoms. The van der Waals surface area contributed by atoms with Crippen molar-refractivity contribution in [1.82, 2.24) is 14.7 Å². The van der Waals surface area contributed by atoms with Gasteiger partial charge in [-0.2, -0.15) is 0 Å². The molecule has 4 nitrogen and oxygen atoms in total. The Morgan fingerprint density at radius 2 is 1.81 bits per heavy atom. The highest BCUT2D eigenvalue weighted by Gasteiger charge is 2.19. The maximum Gasteiger partial charge on any atom is 0.222 e. The van der Waals surface area contributed by atoms with Gasteiger partial charge in [-0.1, -0.05) is 6.92 Å². The van der Waals surface area contributed by atoms with E-state index in [9.17, 15) is 4.79 Å². The fraction of sp³-hybridized carbons (Fsp3) is 0.917. The molecule has 0 unspecified atom stereocenters. The molecule has 4 heteroatoms. The van der Waals surface area contributed by atoms with Gasteiger partial charge in [-0.25, -0.2) is 0 Å². The predicted molar refractivity (Wildman–Crippen MR) is 66.5 cm³/mol. The number of hydrogen-bond acceptors (Lipinski definition) is 3. The SMILES string of the molecule is CCC(=O)N1CCN(CCCN(C)C)CC1. The number of amides is 1. The normalized spacial score (nSPS) is 18.1. The van der Waals surface area contributed by atoms with E-state index in [0.29, 0.717) is 12.3 Å². The van der Waals surface area contributed by atoms with Crippen LogP contribution in [-0.2, 0) is 4.79 Å². The molecular weight excluding hydrogens is 202 g/mol. The van der Waals surface area contributed by atoms with Gasteiger partial charge in [0.2, 0.25) is 5.91 Å². The lowest BCUT2D eigenvalue weighted by molar-refractivity contribution is -0.132. The predicted octanol–water partition coefficient (Wildman–Crippen LogP) is 0.492. The Bertz CT molecular complexity index is 210. The first kappa shape index (κ1) is 13.5. The average Bonchev–Trinajstić information content (AvgIpc) is 2.28. The largest absolute Gasteiger partial charge is 0.340 e. The maximum absolute atomic E-state index is 11.5. The molecule has 1 saturated heterocycles. The van der Waals surface area contributed by atoms with E-state index in [4.69, 9.17) is 0 Å². The van der Waals surface area contributed by atoms with Crippen LogP contribution in [0.4, 0.5) is 0 Å². The Hall–Kier alpha value is -0.610. The van der Waals surface area contributed by atoms with Crippen molar-refractivity contribution in [3.05, 3.63) is 0 Å². The second-order valence-corrected chi connectivity index (χ2v) is 4.73. The quantitative estimate of drug-likeness (QED) is 0.684. The molecule has 0 aliphatic carbocycles. The number of carbonyl (C=O) groups excluding carboxylic acids is 1. The van der Waals surface area contributed by atoms with Crippen molar-refractivity contribution in [2.75, 3.05) is 53.4 Å². The van der Waals surface area contributed by atoms with Gasteiger partial charge in [0, 0.05) is 32.6 Å². The summed E-state index contributed by atoms with van der Waals surface area (Å²) in [5.41, 5.74) is 0. The average molecular weight is 227 g/mol. The van der Waals surface area contributed by atoms with E-state index in [1.807, 2.05) is 11.8 Å². The smallest absolute Gasteiger partial charge is 0.222 e. The minimum absolute atomic E-state index is 0.299. The highest BCUT2D eigenvalue weighted by atomic mass is 16.2. The summed E-state index contributed by atoms with van der Waals surface area (Å²) in [6.07, 6.45) is 1.86. The van der Waals surface area contributed by atoms with Gasteiger partial charge < -0.3 is 9.80 Å². The van der Waals surface area contributed by atoms with Crippen LogP contribution in [0.1, 0.15) is 19.8 Å². The van der Waals surface area contributed by atoms with Crippen LogP contribution >= 0.6 is 0 Å². The van der Waals surface area contributed by atoms with Crippen LogP contribution in [0.2, 0.25) is 0 Å². The first-order chi connectivity index (χ1) is 7.63. The van der Waals surface area contributed by atoms with Gasteiger partial charge in [0.05, 0.1) is 0 Å². The third-order valence-electron chi connectivity index (χ3n) is 3.11. The van der Waals surface area contributed by atoms with Gasteiger partial charge in [0.15, 0.2) is 0 Å². The van der Waals surface area contributed by atoms with Crippen molar-refractivity contribution in [3.8, 4) is 0 Å². The summed E-state index contributed by atoms with van der Waals surface area (Å²) < 4.78 is 0. The lowest BCUT2D eigenvalue weighted by Gasteiger charge is -2.34. The van der Waals surface area contributed by atoms with Crippen molar-refractivity contribution in [3.63, 3.8) is 0 Å². The Kier molecular flexibility index (Phi) is 5.77. The van der Waals surface area contributed by atoms with E-state index in [0.717, 1.165) is 39.3 Å². The highest BCUT2D eigenvalue weighted by molar-refractivity contribution is 5.75. The van der Waals surface area contributed by atoms with Gasteiger partial charge in [0.25, 0.3) is 0 Å². The summed E-state index contributed by atoms with van der Waals surface area (Å²) >= 11 is 0. The van der Waals surface area contributed by atoms with Crippen LogP contribution in [0.3, 0.4) is 0 Å². The van der Waals surface area contributed by atoms with E-state index < -0.39 is 0 Å². The van der Waals surface area contributed by atoms with Crippen molar-refractivity contribution in [2.24, 2.45) is 0 Å². The van der Waals surface area contributed by atoms with Crippen molar-refractivity contribution in [1.29, 1.82) is 0 Å². The zero-order valence-corrected chi connectivity index (χ0v) is 10.9. The first-order valence-electron chi connectivity index (χ1n) is 6.28. The lowest BCUT2D eigenvalue weighted by atomic mass is 10.2. The molecule has 0 saturated carbocycles. The summed E-state index contributed by atoms with van der Waals surface area (Å²) in [5.74, 6) is 0.299. The third kappa shape index (κ3) is 4.49. The lowest BCUT2D eigenvalue weighted by Crippen LogP contribution is -2.48. The van der Waals surface area contributed by atoms with Crippen LogP contribution in [0, 0.1) is 0 Å². The molecule has 0 radical (unpaired) electrons. The molecule has 1 heterocycles. The number of rotatable bonds is 5. The molecule has 94 valence electrons. The van der Waals surface area contributed by atoms with Crippen LogP contribution in [0.25, 0.3) is 0 Å². The molecule has 1 fully saturated rings. The second-order valence-electron chi connectivity index (χ2n) is 4.73. The minimum Gasteiger partial charge on any atom is -0.340 e. The van der Waals surface area contributed by atoms with Gasteiger partial charge >= 0.3 is 0 Å². The molecule has 1 rings (SSSR count). The third-order valence-corrected chi connectivity index (χ3v) is 3.11. The van der Waals surface area contributed by atoms with Gasteiger partial charge in [-0.3, -0.25) is 9.69 Å². The maximum atomic E-state index is 11.5. The Morgan fingerprint density at radius 1 is 1.19 bits per heavy atom. The summed E-state index contributed by atoms with van der Waals surface area (Å²) in [6, 6.07) is 0. The molecule has 0 spiro atoms. The monoisotopic (exact) mass is 227 g/mol. The summed E-state index contributed by atoms with van der Waals surface area (Å²) in [4.78, 5) is 18.1. The van der Waals surface area contributed by atoms with E-state index >= 15 is 0 Å². The number of piperazine rings is 1. The van der Waals surface area contributed by atoms with Gasteiger partial charge in [-0.05, 0) is 33.6 Å². The number of carbonyl (C=O) groups is 1. The van der Waals surface area contributed by atoms with Crippen molar-refractivity contribution >= 4 is 5.91 Å². The Labute approximate surface area is 99.2 Å². The van der Waals surface area contributed by atoms with Crippen LogP contribution in [-0.4, -0.2) is 74.0 Å². The second kappa shape index (κ2) is 6.86. The topological polar surface area (TPSA) is 26.8 Å². The molecule has 0 aromatic heterocycles. The van der Waals surface area contributed by atoms with Crippen LogP contribution in [0.15, 0.2) is 0 Å². The molecule has 1 aliphatic rings. The van der Waals surface area contributed by atoms with E-state index in [-0.39, 0.29) is 0 Å². The first-order valence-corrected chi connectivity index (χ1v) is 6.28. The highest BCUT2D eigenvalue weighted by Crippen LogP contribution is 2.04. The zero-order chi connectivity index (χ0) is 12.0. The summed E-state index contributed by atoms with van der Waals surface area (Å²) in [6.45, 7) is 8.15. The summed E-state index contributed by atoms with van der Waals surface area (Å²) in [5, 5.41) is 0. The molecule has 0 aromatic rings.